The molecule has 0 heterocycles. The Balaban J connectivity index is 1.50. The Hall–Kier alpha value is -3.36. The van der Waals surface area contributed by atoms with E-state index in [0.29, 0.717) is 23.7 Å². The molecule has 0 atom stereocenters. The first-order chi connectivity index (χ1) is 15.4. The van der Waals surface area contributed by atoms with E-state index in [-0.39, 0.29) is 16.6 Å². The Bertz CT molecular complexity index is 1210. The van der Waals surface area contributed by atoms with Gasteiger partial charge in [-0.05, 0) is 54.8 Å². The van der Waals surface area contributed by atoms with Crippen molar-refractivity contribution in [3.05, 3.63) is 83.9 Å². The van der Waals surface area contributed by atoms with E-state index in [1.807, 2.05) is 30.3 Å². The molecular formula is C24H24N2O5S. The molecule has 3 aromatic rings. The van der Waals surface area contributed by atoms with Gasteiger partial charge in [0.05, 0.1) is 17.7 Å². The summed E-state index contributed by atoms with van der Waals surface area (Å²) in [6.45, 7) is 0.383. The largest absolute Gasteiger partial charge is 0.495 e. The van der Waals surface area contributed by atoms with Gasteiger partial charge in [0, 0.05) is 11.6 Å². The summed E-state index contributed by atoms with van der Waals surface area (Å²) in [7, 11) is -2.20. The summed E-state index contributed by atoms with van der Waals surface area (Å²) in [4.78, 5) is 12.9. The number of carbonyl (C=O) groups excluding carboxylic acids is 1. The Labute approximate surface area is 187 Å². The number of hydrogen-bond donors (Lipinski definition) is 2. The van der Waals surface area contributed by atoms with E-state index < -0.39 is 15.9 Å². The van der Waals surface area contributed by atoms with Gasteiger partial charge in [0.1, 0.15) is 18.1 Å². The molecule has 0 saturated heterocycles. The summed E-state index contributed by atoms with van der Waals surface area (Å²) in [5, 5.41) is 2.75. The molecule has 2 N–H and O–H groups in total. The van der Waals surface area contributed by atoms with E-state index in [4.69, 9.17) is 9.47 Å². The molecule has 1 saturated carbocycles. The maximum Gasteiger partial charge on any atom is 0.255 e. The average Bonchev–Trinajstić information content (AvgIpc) is 3.62. The summed E-state index contributed by atoms with van der Waals surface area (Å²) in [5.41, 5.74) is 1.67. The van der Waals surface area contributed by atoms with Gasteiger partial charge in [-0.25, -0.2) is 13.1 Å². The Morgan fingerprint density at radius 3 is 2.50 bits per heavy atom. The zero-order valence-electron chi connectivity index (χ0n) is 17.6. The molecule has 32 heavy (non-hydrogen) atoms. The molecule has 0 radical (unpaired) electrons. The zero-order valence-corrected chi connectivity index (χ0v) is 18.4. The first-order valence-corrected chi connectivity index (χ1v) is 11.7. The smallest absolute Gasteiger partial charge is 0.255 e. The van der Waals surface area contributed by atoms with Crippen LogP contribution in [0.1, 0.15) is 28.8 Å². The number of amides is 1. The monoisotopic (exact) mass is 452 g/mol. The highest BCUT2D eigenvalue weighted by molar-refractivity contribution is 7.89. The lowest BCUT2D eigenvalue weighted by atomic mass is 10.2. The third kappa shape index (κ3) is 5.46. The van der Waals surface area contributed by atoms with Crippen LogP contribution in [-0.2, 0) is 16.6 Å². The van der Waals surface area contributed by atoms with Gasteiger partial charge in [0.15, 0.2) is 0 Å². The van der Waals surface area contributed by atoms with Crippen LogP contribution in [-0.4, -0.2) is 27.5 Å². The van der Waals surface area contributed by atoms with Crippen molar-refractivity contribution in [2.45, 2.75) is 30.4 Å². The van der Waals surface area contributed by atoms with Crippen LogP contribution in [0.3, 0.4) is 0 Å². The molecule has 7 nitrogen and oxygen atoms in total. The first-order valence-electron chi connectivity index (χ1n) is 10.2. The van der Waals surface area contributed by atoms with Crippen molar-refractivity contribution < 1.29 is 22.7 Å². The molecule has 1 fully saturated rings. The van der Waals surface area contributed by atoms with Gasteiger partial charge in [-0.3, -0.25) is 4.79 Å². The molecule has 0 aliphatic heterocycles. The lowest BCUT2D eigenvalue weighted by Crippen LogP contribution is -2.25. The van der Waals surface area contributed by atoms with Crippen LogP contribution in [0.15, 0.2) is 77.7 Å². The van der Waals surface area contributed by atoms with E-state index in [1.165, 1.54) is 25.3 Å². The fourth-order valence-electron chi connectivity index (χ4n) is 3.10. The predicted octanol–water partition coefficient (Wildman–Crippen LogP) is 3.97. The molecule has 4 rings (SSSR count). The van der Waals surface area contributed by atoms with Gasteiger partial charge in [-0.15, -0.1) is 0 Å². The van der Waals surface area contributed by atoms with Crippen molar-refractivity contribution in [1.82, 2.24) is 4.72 Å². The van der Waals surface area contributed by atoms with Gasteiger partial charge in [-0.2, -0.15) is 0 Å². The highest BCUT2D eigenvalue weighted by Gasteiger charge is 2.28. The third-order valence-electron chi connectivity index (χ3n) is 4.97. The quantitative estimate of drug-likeness (QED) is 0.512. The normalized spacial score (nSPS) is 13.4. The van der Waals surface area contributed by atoms with Crippen molar-refractivity contribution >= 4 is 21.6 Å². The average molecular weight is 453 g/mol. The summed E-state index contributed by atoms with van der Waals surface area (Å²) in [6, 6.07) is 20.9. The summed E-state index contributed by atoms with van der Waals surface area (Å²) in [5.74, 6) is 0.511. The number of hydrogen-bond acceptors (Lipinski definition) is 5. The number of ether oxygens (including phenoxy) is 2. The molecule has 0 aromatic heterocycles. The molecule has 0 bridgehead atoms. The molecule has 166 valence electrons. The number of benzene rings is 3. The number of nitrogens with one attached hydrogen (secondary N) is 2. The van der Waals surface area contributed by atoms with E-state index >= 15 is 0 Å². The van der Waals surface area contributed by atoms with Crippen molar-refractivity contribution in [1.29, 1.82) is 0 Å². The molecule has 0 unspecified atom stereocenters. The second-order valence-corrected chi connectivity index (χ2v) is 9.23. The van der Waals surface area contributed by atoms with Gasteiger partial charge in [0.2, 0.25) is 10.0 Å². The molecule has 0 spiro atoms. The van der Waals surface area contributed by atoms with Gasteiger partial charge < -0.3 is 14.8 Å². The Morgan fingerprint density at radius 2 is 1.78 bits per heavy atom. The van der Waals surface area contributed by atoms with Crippen molar-refractivity contribution in [3.8, 4) is 11.5 Å². The fraction of sp³-hybridized carbons (Fsp3) is 0.208. The van der Waals surface area contributed by atoms with Crippen LogP contribution >= 0.6 is 0 Å². The third-order valence-corrected chi connectivity index (χ3v) is 6.49. The summed E-state index contributed by atoms with van der Waals surface area (Å²) in [6.07, 6.45) is 1.67. The second kappa shape index (κ2) is 9.42. The molecule has 3 aromatic carbocycles. The number of carbonyl (C=O) groups is 1. The lowest BCUT2D eigenvalue weighted by molar-refractivity contribution is 0.102. The highest BCUT2D eigenvalue weighted by atomic mass is 32.2. The van der Waals surface area contributed by atoms with Crippen molar-refractivity contribution in [3.63, 3.8) is 0 Å². The summed E-state index contributed by atoms with van der Waals surface area (Å²) < 4.78 is 38.8. The minimum Gasteiger partial charge on any atom is -0.495 e. The number of methoxy groups -OCH3 is 1. The van der Waals surface area contributed by atoms with Crippen LogP contribution in [0.25, 0.3) is 0 Å². The van der Waals surface area contributed by atoms with Crippen LogP contribution < -0.4 is 19.5 Å². The minimum absolute atomic E-state index is 0.0150. The Morgan fingerprint density at radius 1 is 1.00 bits per heavy atom. The zero-order chi connectivity index (χ0) is 22.6. The van der Waals surface area contributed by atoms with E-state index in [9.17, 15) is 13.2 Å². The predicted molar refractivity (Wildman–Crippen MR) is 122 cm³/mol. The lowest BCUT2D eigenvalue weighted by Gasteiger charge is -2.13. The maximum absolute atomic E-state index is 12.9. The topological polar surface area (TPSA) is 93.7 Å². The molecule has 1 aliphatic carbocycles. The summed E-state index contributed by atoms with van der Waals surface area (Å²) >= 11 is 0. The van der Waals surface area contributed by atoms with Crippen LogP contribution in [0.5, 0.6) is 11.5 Å². The van der Waals surface area contributed by atoms with Gasteiger partial charge >= 0.3 is 0 Å². The molecular weight excluding hydrogens is 428 g/mol. The van der Waals surface area contributed by atoms with Gasteiger partial charge in [0.25, 0.3) is 5.91 Å². The van der Waals surface area contributed by atoms with Crippen molar-refractivity contribution in [2.24, 2.45) is 0 Å². The fourth-order valence-corrected chi connectivity index (χ4v) is 4.43. The van der Waals surface area contributed by atoms with E-state index in [2.05, 4.69) is 10.0 Å². The minimum atomic E-state index is -3.66. The van der Waals surface area contributed by atoms with Crippen LogP contribution in [0, 0.1) is 0 Å². The van der Waals surface area contributed by atoms with Crippen LogP contribution in [0.2, 0.25) is 0 Å². The number of rotatable bonds is 9. The first kappa shape index (κ1) is 21.9. The van der Waals surface area contributed by atoms with E-state index in [0.717, 1.165) is 18.4 Å². The number of anilines is 1. The highest BCUT2D eigenvalue weighted by Crippen LogP contribution is 2.30. The Kier molecular flexibility index (Phi) is 6.43. The molecule has 1 aliphatic rings. The maximum atomic E-state index is 12.9. The molecule has 8 heteroatoms. The SMILES string of the molecule is COc1ccc(S(=O)(=O)NC2CC2)cc1NC(=O)c1cccc(OCc2ccccc2)c1. The van der Waals surface area contributed by atoms with Gasteiger partial charge in [-0.1, -0.05) is 36.4 Å². The number of sulfonamides is 1. The van der Waals surface area contributed by atoms with Crippen LogP contribution in [0.4, 0.5) is 5.69 Å². The van der Waals surface area contributed by atoms with E-state index in [1.54, 1.807) is 24.3 Å². The standard InChI is InChI=1S/C24H24N2O5S/c1-30-23-13-12-21(32(28,29)26-19-10-11-19)15-22(23)25-24(27)18-8-5-9-20(14-18)31-16-17-6-3-2-4-7-17/h2-9,12-15,19,26H,10-11,16H2,1H3,(H,25,27). The second-order valence-electron chi connectivity index (χ2n) is 7.51. The van der Waals surface area contributed by atoms with Crippen molar-refractivity contribution in [2.75, 3.05) is 12.4 Å². The molecule has 1 amide bonds.